The standard InChI is InChI=1S/C14H22FNO2.ClH/c1-9(2)5-6-12(16)10-7-13(17-3)14(18-4)8-11(10)15;/h7-9,12H,5-6,16H2,1-4H3;1H/t12-;/m1./s1. The van der Waals surface area contributed by atoms with Crippen LogP contribution in [0.4, 0.5) is 4.39 Å². The molecule has 0 aromatic heterocycles. The molecule has 19 heavy (non-hydrogen) atoms. The van der Waals surface area contributed by atoms with E-state index in [1.165, 1.54) is 20.3 Å². The predicted octanol–water partition coefficient (Wildman–Crippen LogP) is 3.70. The monoisotopic (exact) mass is 291 g/mol. The van der Waals surface area contributed by atoms with Crippen molar-refractivity contribution in [1.82, 2.24) is 0 Å². The molecule has 1 aromatic carbocycles. The van der Waals surface area contributed by atoms with Crippen molar-refractivity contribution < 1.29 is 13.9 Å². The molecule has 0 saturated heterocycles. The minimum absolute atomic E-state index is 0. The number of nitrogens with two attached hydrogens (primary N) is 1. The molecule has 0 amide bonds. The number of ether oxygens (including phenoxy) is 2. The fourth-order valence-corrected chi connectivity index (χ4v) is 1.82. The highest BCUT2D eigenvalue weighted by atomic mass is 35.5. The first-order valence-corrected chi connectivity index (χ1v) is 6.16. The smallest absolute Gasteiger partial charge is 0.163 e. The number of benzene rings is 1. The summed E-state index contributed by atoms with van der Waals surface area (Å²) in [7, 11) is 3.01. The van der Waals surface area contributed by atoms with Crippen LogP contribution in [-0.4, -0.2) is 14.2 Å². The van der Waals surface area contributed by atoms with Gasteiger partial charge in [-0.05, 0) is 24.8 Å². The van der Waals surface area contributed by atoms with Gasteiger partial charge in [-0.2, -0.15) is 0 Å². The summed E-state index contributed by atoms with van der Waals surface area (Å²) in [4.78, 5) is 0. The van der Waals surface area contributed by atoms with Crippen LogP contribution in [0.2, 0.25) is 0 Å². The van der Waals surface area contributed by atoms with E-state index in [9.17, 15) is 4.39 Å². The van der Waals surface area contributed by atoms with E-state index in [0.29, 0.717) is 23.0 Å². The Bertz CT molecular complexity index is 399. The van der Waals surface area contributed by atoms with Crippen molar-refractivity contribution in [1.29, 1.82) is 0 Å². The summed E-state index contributed by atoms with van der Waals surface area (Å²) in [5, 5.41) is 0. The summed E-state index contributed by atoms with van der Waals surface area (Å²) < 4.78 is 24.1. The second-order valence-electron chi connectivity index (χ2n) is 4.81. The molecular weight excluding hydrogens is 269 g/mol. The minimum atomic E-state index is -0.344. The lowest BCUT2D eigenvalue weighted by molar-refractivity contribution is 0.350. The van der Waals surface area contributed by atoms with Crippen molar-refractivity contribution in [2.75, 3.05) is 14.2 Å². The van der Waals surface area contributed by atoms with Crippen LogP contribution in [0.1, 0.15) is 38.3 Å². The summed E-state index contributed by atoms with van der Waals surface area (Å²) >= 11 is 0. The van der Waals surface area contributed by atoms with Crippen LogP contribution in [0.5, 0.6) is 11.5 Å². The third-order valence-electron chi connectivity index (χ3n) is 2.96. The van der Waals surface area contributed by atoms with Gasteiger partial charge in [-0.25, -0.2) is 4.39 Å². The zero-order valence-electron chi connectivity index (χ0n) is 11.9. The molecule has 0 radical (unpaired) electrons. The molecule has 0 heterocycles. The van der Waals surface area contributed by atoms with Crippen molar-refractivity contribution >= 4 is 12.4 Å². The molecule has 1 aromatic rings. The van der Waals surface area contributed by atoms with Gasteiger partial charge in [0.15, 0.2) is 11.5 Å². The average molecular weight is 292 g/mol. The third-order valence-corrected chi connectivity index (χ3v) is 2.96. The Morgan fingerprint density at radius 3 is 2.11 bits per heavy atom. The lowest BCUT2D eigenvalue weighted by Crippen LogP contribution is -2.13. The van der Waals surface area contributed by atoms with Crippen LogP contribution in [0.3, 0.4) is 0 Å². The lowest BCUT2D eigenvalue weighted by Gasteiger charge is -2.17. The molecule has 1 atom stereocenters. The average Bonchev–Trinajstić information content (AvgIpc) is 2.35. The molecule has 0 aliphatic heterocycles. The number of methoxy groups -OCH3 is 2. The van der Waals surface area contributed by atoms with Crippen molar-refractivity contribution in [3.63, 3.8) is 0 Å². The van der Waals surface area contributed by atoms with Crippen molar-refractivity contribution in [2.45, 2.75) is 32.7 Å². The topological polar surface area (TPSA) is 44.5 Å². The molecule has 5 heteroatoms. The van der Waals surface area contributed by atoms with Crippen LogP contribution in [0, 0.1) is 11.7 Å². The molecule has 0 aliphatic carbocycles. The fraction of sp³-hybridized carbons (Fsp3) is 0.571. The van der Waals surface area contributed by atoms with Gasteiger partial charge in [0.25, 0.3) is 0 Å². The first kappa shape index (κ1) is 18.0. The van der Waals surface area contributed by atoms with Gasteiger partial charge in [0.1, 0.15) is 5.82 Å². The second-order valence-corrected chi connectivity index (χ2v) is 4.81. The van der Waals surface area contributed by atoms with E-state index in [4.69, 9.17) is 15.2 Å². The first-order chi connectivity index (χ1) is 8.49. The molecular formula is C14H23ClFNO2. The molecule has 0 bridgehead atoms. The summed E-state index contributed by atoms with van der Waals surface area (Å²) in [6.45, 7) is 4.25. The molecule has 1 rings (SSSR count). The molecule has 3 nitrogen and oxygen atoms in total. The SMILES string of the molecule is COc1cc(F)c([C@H](N)CCC(C)C)cc1OC.Cl. The maximum Gasteiger partial charge on any atom is 0.163 e. The molecule has 0 spiro atoms. The number of halogens is 2. The first-order valence-electron chi connectivity index (χ1n) is 6.16. The van der Waals surface area contributed by atoms with Crippen molar-refractivity contribution in [3.05, 3.63) is 23.5 Å². The van der Waals surface area contributed by atoms with E-state index in [2.05, 4.69) is 13.8 Å². The Balaban J connectivity index is 0.00000324. The summed E-state index contributed by atoms with van der Waals surface area (Å²) in [6.07, 6.45) is 1.72. The molecule has 0 unspecified atom stereocenters. The van der Waals surface area contributed by atoms with E-state index < -0.39 is 0 Å². The predicted molar refractivity (Wildman–Crippen MR) is 77.8 cm³/mol. The van der Waals surface area contributed by atoms with E-state index in [1.54, 1.807) is 6.07 Å². The number of hydrogen-bond donors (Lipinski definition) is 1. The highest BCUT2D eigenvalue weighted by Crippen LogP contribution is 2.33. The van der Waals surface area contributed by atoms with Gasteiger partial charge < -0.3 is 15.2 Å². The fourth-order valence-electron chi connectivity index (χ4n) is 1.82. The van der Waals surface area contributed by atoms with Gasteiger partial charge in [-0.15, -0.1) is 12.4 Å². The van der Waals surface area contributed by atoms with E-state index in [0.717, 1.165) is 12.8 Å². The summed E-state index contributed by atoms with van der Waals surface area (Å²) in [6, 6.07) is 2.63. The van der Waals surface area contributed by atoms with E-state index in [1.807, 2.05) is 0 Å². The summed E-state index contributed by atoms with van der Waals surface area (Å²) in [5.74, 6) is 1.10. The maximum absolute atomic E-state index is 13.9. The lowest BCUT2D eigenvalue weighted by atomic mass is 9.97. The largest absolute Gasteiger partial charge is 0.493 e. The van der Waals surface area contributed by atoms with E-state index in [-0.39, 0.29) is 24.3 Å². The van der Waals surface area contributed by atoms with Crippen LogP contribution >= 0.6 is 12.4 Å². The Kier molecular flexibility index (Phi) is 7.79. The second kappa shape index (κ2) is 8.23. The molecule has 0 saturated carbocycles. The Labute approximate surface area is 120 Å². The maximum atomic E-state index is 13.9. The number of hydrogen-bond acceptors (Lipinski definition) is 3. The van der Waals surface area contributed by atoms with E-state index >= 15 is 0 Å². The Morgan fingerprint density at radius 2 is 1.63 bits per heavy atom. The van der Waals surface area contributed by atoms with Gasteiger partial charge >= 0.3 is 0 Å². The normalized spacial score (nSPS) is 11.9. The molecule has 2 N–H and O–H groups in total. The quantitative estimate of drug-likeness (QED) is 0.869. The highest BCUT2D eigenvalue weighted by molar-refractivity contribution is 5.85. The number of rotatable bonds is 6. The molecule has 110 valence electrons. The Hall–Kier alpha value is -1.00. The summed E-state index contributed by atoms with van der Waals surface area (Å²) in [5.41, 5.74) is 6.50. The van der Waals surface area contributed by atoms with Crippen molar-refractivity contribution in [3.8, 4) is 11.5 Å². The van der Waals surface area contributed by atoms with Crippen LogP contribution in [0.25, 0.3) is 0 Å². The zero-order valence-corrected chi connectivity index (χ0v) is 12.7. The van der Waals surface area contributed by atoms with Gasteiger partial charge in [0.2, 0.25) is 0 Å². The third kappa shape index (κ3) is 4.88. The van der Waals surface area contributed by atoms with Gasteiger partial charge in [-0.3, -0.25) is 0 Å². The zero-order chi connectivity index (χ0) is 13.7. The Morgan fingerprint density at radius 1 is 1.11 bits per heavy atom. The van der Waals surface area contributed by atoms with Gasteiger partial charge in [0.05, 0.1) is 14.2 Å². The molecule has 0 fully saturated rings. The van der Waals surface area contributed by atoms with Crippen LogP contribution in [0.15, 0.2) is 12.1 Å². The van der Waals surface area contributed by atoms with Crippen LogP contribution in [-0.2, 0) is 0 Å². The minimum Gasteiger partial charge on any atom is -0.493 e. The van der Waals surface area contributed by atoms with Gasteiger partial charge in [0, 0.05) is 17.7 Å². The molecule has 0 aliphatic rings. The highest BCUT2D eigenvalue weighted by Gasteiger charge is 2.16. The van der Waals surface area contributed by atoms with Crippen LogP contribution < -0.4 is 15.2 Å². The van der Waals surface area contributed by atoms with Gasteiger partial charge in [-0.1, -0.05) is 13.8 Å². The van der Waals surface area contributed by atoms with Crippen molar-refractivity contribution in [2.24, 2.45) is 11.7 Å².